The van der Waals surface area contributed by atoms with Crippen molar-refractivity contribution in [2.45, 2.75) is 12.5 Å². The van der Waals surface area contributed by atoms with Gasteiger partial charge in [-0.05, 0) is 30.7 Å². The molecule has 0 amide bonds. The molecule has 0 aliphatic carbocycles. The second-order valence-corrected chi connectivity index (χ2v) is 3.38. The summed E-state index contributed by atoms with van der Waals surface area (Å²) >= 11 is 0. The third-order valence-corrected chi connectivity index (χ3v) is 2.43. The maximum atomic E-state index is 9.84. The van der Waals surface area contributed by atoms with E-state index in [1.807, 2.05) is 30.5 Å². The molecule has 0 spiro atoms. The first-order chi connectivity index (χ1) is 6.83. The van der Waals surface area contributed by atoms with Gasteiger partial charge in [-0.25, -0.2) is 0 Å². The molecule has 0 saturated heterocycles. The third-order valence-electron chi connectivity index (χ3n) is 2.43. The van der Waals surface area contributed by atoms with Crippen molar-refractivity contribution in [2.24, 2.45) is 5.73 Å². The van der Waals surface area contributed by atoms with Gasteiger partial charge >= 0.3 is 0 Å². The Balaban J connectivity index is 2.45. The molecular formula is C11H14N2O. The summed E-state index contributed by atoms with van der Waals surface area (Å²) < 4.78 is 0. The molecule has 2 rings (SSSR count). The van der Waals surface area contributed by atoms with Gasteiger partial charge in [-0.3, -0.25) is 0 Å². The molecule has 2 aromatic rings. The summed E-state index contributed by atoms with van der Waals surface area (Å²) in [5.74, 6) is 0. The van der Waals surface area contributed by atoms with Crippen molar-refractivity contribution in [3.05, 3.63) is 36.0 Å². The molecule has 0 aliphatic heterocycles. The van der Waals surface area contributed by atoms with Crippen LogP contribution in [-0.4, -0.2) is 16.6 Å². The largest absolute Gasteiger partial charge is 0.388 e. The number of aliphatic hydroxyl groups excluding tert-OH is 1. The Kier molecular flexibility index (Phi) is 2.52. The predicted molar refractivity (Wildman–Crippen MR) is 56.9 cm³/mol. The van der Waals surface area contributed by atoms with Gasteiger partial charge in [-0.15, -0.1) is 0 Å². The van der Waals surface area contributed by atoms with E-state index in [9.17, 15) is 5.11 Å². The van der Waals surface area contributed by atoms with Crippen LogP contribution in [0.5, 0.6) is 0 Å². The molecule has 0 aliphatic rings. The van der Waals surface area contributed by atoms with E-state index in [2.05, 4.69) is 4.98 Å². The maximum Gasteiger partial charge on any atom is 0.0808 e. The predicted octanol–water partition coefficient (Wildman–Crippen LogP) is 1.55. The Morgan fingerprint density at radius 1 is 1.36 bits per heavy atom. The number of nitrogens with one attached hydrogen (secondary N) is 1. The third kappa shape index (κ3) is 1.52. The van der Waals surface area contributed by atoms with Crippen LogP contribution in [0.3, 0.4) is 0 Å². The summed E-state index contributed by atoms with van der Waals surface area (Å²) in [7, 11) is 0. The lowest BCUT2D eigenvalue weighted by atomic mass is 10.0. The fraction of sp³-hybridized carbons (Fsp3) is 0.273. The highest BCUT2D eigenvalue weighted by molar-refractivity contribution is 5.83. The monoisotopic (exact) mass is 190 g/mol. The SMILES string of the molecule is NCC[C@H](O)c1cccc2[nH]ccc12. The van der Waals surface area contributed by atoms with Crippen molar-refractivity contribution in [1.29, 1.82) is 0 Å². The van der Waals surface area contributed by atoms with E-state index in [1.165, 1.54) is 0 Å². The number of rotatable bonds is 3. The van der Waals surface area contributed by atoms with Crippen LogP contribution in [0.4, 0.5) is 0 Å². The van der Waals surface area contributed by atoms with Gasteiger partial charge in [0, 0.05) is 17.1 Å². The van der Waals surface area contributed by atoms with Gasteiger partial charge in [0.2, 0.25) is 0 Å². The van der Waals surface area contributed by atoms with Crippen LogP contribution < -0.4 is 5.73 Å². The molecule has 1 atom stereocenters. The summed E-state index contributed by atoms with van der Waals surface area (Å²) in [6.07, 6.45) is 2.02. The lowest BCUT2D eigenvalue weighted by molar-refractivity contribution is 0.172. The number of H-pyrrole nitrogens is 1. The van der Waals surface area contributed by atoms with Crippen LogP contribution >= 0.6 is 0 Å². The quantitative estimate of drug-likeness (QED) is 0.687. The van der Waals surface area contributed by atoms with Crippen molar-refractivity contribution >= 4 is 10.9 Å². The topological polar surface area (TPSA) is 62.0 Å². The smallest absolute Gasteiger partial charge is 0.0808 e. The zero-order valence-electron chi connectivity index (χ0n) is 7.90. The van der Waals surface area contributed by atoms with Crippen LogP contribution in [0.1, 0.15) is 18.1 Å². The zero-order valence-corrected chi connectivity index (χ0v) is 7.90. The number of benzene rings is 1. The first kappa shape index (κ1) is 9.24. The first-order valence-electron chi connectivity index (χ1n) is 4.77. The first-order valence-corrected chi connectivity index (χ1v) is 4.77. The zero-order chi connectivity index (χ0) is 9.97. The Labute approximate surface area is 82.6 Å². The standard InChI is InChI=1S/C11H14N2O/c12-6-4-11(14)9-2-1-3-10-8(9)5-7-13-10/h1-3,5,7,11,13-14H,4,6,12H2/t11-/m0/s1. The molecule has 14 heavy (non-hydrogen) atoms. The van der Waals surface area contributed by atoms with E-state index in [-0.39, 0.29) is 0 Å². The maximum absolute atomic E-state index is 9.84. The van der Waals surface area contributed by atoms with Crippen molar-refractivity contribution in [2.75, 3.05) is 6.54 Å². The number of aromatic amines is 1. The Morgan fingerprint density at radius 2 is 2.21 bits per heavy atom. The summed E-state index contributed by atoms with van der Waals surface area (Å²) in [4.78, 5) is 3.11. The molecule has 0 saturated carbocycles. The number of aliphatic hydroxyl groups is 1. The van der Waals surface area contributed by atoms with Crippen LogP contribution in [0.15, 0.2) is 30.5 Å². The summed E-state index contributed by atoms with van der Waals surface area (Å²) in [5, 5.41) is 10.9. The number of hydrogen-bond donors (Lipinski definition) is 3. The number of aromatic nitrogens is 1. The highest BCUT2D eigenvalue weighted by Gasteiger charge is 2.09. The van der Waals surface area contributed by atoms with Gasteiger partial charge in [-0.1, -0.05) is 12.1 Å². The van der Waals surface area contributed by atoms with E-state index in [0.29, 0.717) is 13.0 Å². The second-order valence-electron chi connectivity index (χ2n) is 3.38. The van der Waals surface area contributed by atoms with E-state index < -0.39 is 6.10 Å². The van der Waals surface area contributed by atoms with Crippen LogP contribution in [0.2, 0.25) is 0 Å². The normalized spacial score (nSPS) is 13.3. The van der Waals surface area contributed by atoms with Crippen molar-refractivity contribution in [1.82, 2.24) is 4.98 Å². The summed E-state index contributed by atoms with van der Waals surface area (Å²) in [6.45, 7) is 0.502. The lowest BCUT2D eigenvalue weighted by Gasteiger charge is -2.10. The summed E-state index contributed by atoms with van der Waals surface area (Å²) in [6, 6.07) is 7.85. The average molecular weight is 190 g/mol. The fourth-order valence-electron chi connectivity index (χ4n) is 1.71. The molecule has 1 aromatic carbocycles. The van der Waals surface area contributed by atoms with E-state index in [4.69, 9.17) is 5.73 Å². The minimum atomic E-state index is -0.459. The molecule has 1 aromatic heterocycles. The van der Waals surface area contributed by atoms with E-state index >= 15 is 0 Å². The molecule has 0 radical (unpaired) electrons. The van der Waals surface area contributed by atoms with Crippen molar-refractivity contribution < 1.29 is 5.11 Å². The van der Waals surface area contributed by atoms with E-state index in [0.717, 1.165) is 16.5 Å². The van der Waals surface area contributed by atoms with Gasteiger partial charge in [-0.2, -0.15) is 0 Å². The molecule has 4 N–H and O–H groups in total. The molecule has 0 unspecified atom stereocenters. The highest BCUT2D eigenvalue weighted by atomic mass is 16.3. The van der Waals surface area contributed by atoms with Gasteiger partial charge in [0.15, 0.2) is 0 Å². The Morgan fingerprint density at radius 3 is 3.00 bits per heavy atom. The molecular weight excluding hydrogens is 176 g/mol. The summed E-state index contributed by atoms with van der Waals surface area (Å²) in [5.41, 5.74) is 7.43. The Hall–Kier alpha value is -1.32. The minimum absolute atomic E-state index is 0.459. The molecule has 1 heterocycles. The average Bonchev–Trinajstić information content (AvgIpc) is 2.65. The number of nitrogens with two attached hydrogens (primary N) is 1. The van der Waals surface area contributed by atoms with E-state index in [1.54, 1.807) is 0 Å². The molecule has 74 valence electrons. The molecule has 3 nitrogen and oxygen atoms in total. The van der Waals surface area contributed by atoms with Gasteiger partial charge in [0.05, 0.1) is 6.10 Å². The van der Waals surface area contributed by atoms with Crippen molar-refractivity contribution in [3.63, 3.8) is 0 Å². The lowest BCUT2D eigenvalue weighted by Crippen LogP contribution is -2.06. The van der Waals surface area contributed by atoms with Crippen LogP contribution in [0.25, 0.3) is 10.9 Å². The second kappa shape index (κ2) is 3.82. The van der Waals surface area contributed by atoms with Gasteiger partial charge < -0.3 is 15.8 Å². The fourth-order valence-corrected chi connectivity index (χ4v) is 1.71. The Bertz CT molecular complexity index is 422. The molecule has 0 fully saturated rings. The van der Waals surface area contributed by atoms with Gasteiger partial charge in [0.25, 0.3) is 0 Å². The number of hydrogen-bond acceptors (Lipinski definition) is 2. The van der Waals surface area contributed by atoms with Crippen molar-refractivity contribution in [3.8, 4) is 0 Å². The molecule has 0 bridgehead atoms. The van der Waals surface area contributed by atoms with Gasteiger partial charge in [0.1, 0.15) is 0 Å². The highest BCUT2D eigenvalue weighted by Crippen LogP contribution is 2.24. The van der Waals surface area contributed by atoms with Crippen LogP contribution in [-0.2, 0) is 0 Å². The minimum Gasteiger partial charge on any atom is -0.388 e. The molecule has 3 heteroatoms. The van der Waals surface area contributed by atoms with Crippen LogP contribution in [0, 0.1) is 0 Å². The number of fused-ring (bicyclic) bond motifs is 1.